The van der Waals surface area contributed by atoms with Crippen LogP contribution >= 0.6 is 0 Å². The molecule has 0 saturated carbocycles. The Morgan fingerprint density at radius 1 is 1.03 bits per heavy atom. The van der Waals surface area contributed by atoms with Gasteiger partial charge >= 0.3 is 0 Å². The molecule has 1 N–H and O–H groups in total. The van der Waals surface area contributed by atoms with Crippen LogP contribution in [0.15, 0.2) is 60.7 Å². The maximum Gasteiger partial charge on any atom is 0.229 e. The van der Waals surface area contributed by atoms with Gasteiger partial charge in [-0.25, -0.2) is 13.4 Å². The van der Waals surface area contributed by atoms with Crippen LogP contribution in [0.25, 0.3) is 23.2 Å². The summed E-state index contributed by atoms with van der Waals surface area (Å²) in [6, 6.07) is 20.0. The molecule has 170 valence electrons. The molecule has 1 aromatic heterocycles. The van der Waals surface area contributed by atoms with Gasteiger partial charge in [-0.15, -0.1) is 0 Å². The number of aryl methyl sites for hydroxylation is 1. The Labute approximate surface area is 194 Å². The molecule has 0 aliphatic heterocycles. The summed E-state index contributed by atoms with van der Waals surface area (Å²) in [6.07, 6.45) is 5.13. The first-order valence-electron chi connectivity index (χ1n) is 10.6. The minimum Gasteiger partial charge on any atom is -0.497 e. The molecule has 3 aromatic carbocycles. The highest BCUT2D eigenvalue weighted by atomic mass is 32.2. The highest BCUT2D eigenvalue weighted by Gasteiger charge is 2.18. The van der Waals surface area contributed by atoms with Crippen molar-refractivity contribution in [1.82, 2.24) is 9.55 Å². The predicted octanol–water partition coefficient (Wildman–Crippen LogP) is 5.25. The zero-order valence-corrected chi connectivity index (χ0v) is 20.0. The van der Waals surface area contributed by atoms with E-state index in [2.05, 4.69) is 15.4 Å². The van der Waals surface area contributed by atoms with Gasteiger partial charge in [0, 0.05) is 6.54 Å². The molecule has 0 unspecified atom stereocenters. The third-order valence-corrected chi connectivity index (χ3v) is 6.18. The SMILES string of the molecule is COc1ccc(Cn2c(/C=C/c3ccccc3)nc3c(NS(C)(=O)=O)c(C)c(C)cc32)cc1. The molecule has 0 aliphatic rings. The summed E-state index contributed by atoms with van der Waals surface area (Å²) in [5.74, 6) is 1.54. The zero-order chi connectivity index (χ0) is 23.6. The lowest BCUT2D eigenvalue weighted by molar-refractivity contribution is 0.414. The van der Waals surface area contributed by atoms with Gasteiger partial charge < -0.3 is 9.30 Å². The van der Waals surface area contributed by atoms with Crippen LogP contribution in [0.4, 0.5) is 5.69 Å². The van der Waals surface area contributed by atoms with E-state index in [0.29, 0.717) is 17.7 Å². The normalized spacial score (nSPS) is 11.9. The molecule has 0 radical (unpaired) electrons. The highest BCUT2D eigenvalue weighted by Crippen LogP contribution is 2.32. The van der Waals surface area contributed by atoms with Gasteiger partial charge in [-0.05, 0) is 60.4 Å². The molecule has 0 fully saturated rings. The predicted molar refractivity (Wildman–Crippen MR) is 135 cm³/mol. The van der Waals surface area contributed by atoms with Gasteiger partial charge in [0.1, 0.15) is 17.1 Å². The first-order chi connectivity index (χ1) is 15.7. The lowest BCUT2D eigenvalue weighted by Crippen LogP contribution is -2.11. The van der Waals surface area contributed by atoms with Crippen molar-refractivity contribution >= 4 is 38.9 Å². The molecule has 0 atom stereocenters. The smallest absolute Gasteiger partial charge is 0.229 e. The number of imidazole rings is 1. The Morgan fingerprint density at radius 2 is 1.73 bits per heavy atom. The minimum atomic E-state index is -3.46. The van der Waals surface area contributed by atoms with Crippen LogP contribution in [0.1, 0.15) is 28.1 Å². The molecule has 0 aliphatic carbocycles. The number of nitrogens with one attached hydrogen (secondary N) is 1. The van der Waals surface area contributed by atoms with Gasteiger partial charge in [0.25, 0.3) is 0 Å². The first kappa shape index (κ1) is 22.6. The van der Waals surface area contributed by atoms with Crippen molar-refractivity contribution < 1.29 is 13.2 Å². The van der Waals surface area contributed by atoms with E-state index in [0.717, 1.165) is 45.6 Å². The number of fused-ring (bicyclic) bond motifs is 1. The number of hydrogen-bond acceptors (Lipinski definition) is 4. The van der Waals surface area contributed by atoms with Crippen molar-refractivity contribution in [3.63, 3.8) is 0 Å². The lowest BCUT2D eigenvalue weighted by Gasteiger charge is -2.13. The summed E-state index contributed by atoms with van der Waals surface area (Å²) >= 11 is 0. The Morgan fingerprint density at radius 3 is 2.36 bits per heavy atom. The molecule has 0 saturated heterocycles. The van der Waals surface area contributed by atoms with Crippen LogP contribution in [-0.2, 0) is 16.6 Å². The van der Waals surface area contributed by atoms with Crippen LogP contribution in [0.3, 0.4) is 0 Å². The topological polar surface area (TPSA) is 73.2 Å². The van der Waals surface area contributed by atoms with Gasteiger partial charge in [-0.2, -0.15) is 0 Å². The zero-order valence-electron chi connectivity index (χ0n) is 19.2. The average molecular weight is 462 g/mol. The summed E-state index contributed by atoms with van der Waals surface area (Å²) in [5.41, 5.74) is 6.01. The number of sulfonamides is 1. The Kier molecular flexibility index (Phi) is 6.24. The van der Waals surface area contributed by atoms with Crippen molar-refractivity contribution in [3.8, 4) is 5.75 Å². The van der Waals surface area contributed by atoms with Crippen molar-refractivity contribution in [3.05, 3.63) is 88.7 Å². The number of methoxy groups -OCH3 is 1. The molecule has 0 amide bonds. The lowest BCUT2D eigenvalue weighted by atomic mass is 10.1. The van der Waals surface area contributed by atoms with Crippen molar-refractivity contribution in [2.45, 2.75) is 20.4 Å². The second-order valence-electron chi connectivity index (χ2n) is 8.08. The molecule has 0 spiro atoms. The summed E-state index contributed by atoms with van der Waals surface area (Å²) in [5, 5.41) is 0. The number of hydrogen-bond donors (Lipinski definition) is 1. The van der Waals surface area contributed by atoms with Gasteiger partial charge in [0.05, 0.1) is 24.6 Å². The third-order valence-electron chi connectivity index (χ3n) is 5.60. The number of aromatic nitrogens is 2. The molecule has 6 nitrogen and oxygen atoms in total. The van der Waals surface area contributed by atoms with E-state index < -0.39 is 10.0 Å². The summed E-state index contributed by atoms with van der Waals surface area (Å²) in [4.78, 5) is 4.87. The molecular formula is C26H27N3O3S. The fourth-order valence-corrected chi connectivity index (χ4v) is 4.37. The molecule has 4 rings (SSSR count). The Hall–Kier alpha value is -3.58. The number of ether oxygens (including phenoxy) is 1. The van der Waals surface area contributed by atoms with E-state index in [9.17, 15) is 8.42 Å². The quantitative estimate of drug-likeness (QED) is 0.408. The van der Waals surface area contributed by atoms with E-state index in [4.69, 9.17) is 9.72 Å². The molecule has 1 heterocycles. The molecule has 7 heteroatoms. The standard InChI is InChI=1S/C26H27N3O3S/c1-18-16-23-26(25(19(18)2)28-33(4,30)31)27-24(15-12-20-8-6-5-7-9-20)29(23)17-21-10-13-22(32-3)14-11-21/h5-16,28H,17H2,1-4H3/b15-12+. The van der Waals surface area contributed by atoms with Crippen molar-refractivity contribution in [2.75, 3.05) is 18.1 Å². The Bertz CT molecular complexity index is 1420. The van der Waals surface area contributed by atoms with E-state index >= 15 is 0 Å². The van der Waals surface area contributed by atoms with E-state index in [1.807, 2.05) is 80.6 Å². The molecular weight excluding hydrogens is 434 g/mol. The van der Waals surface area contributed by atoms with Crippen LogP contribution in [-0.4, -0.2) is 31.3 Å². The maximum atomic E-state index is 12.1. The number of nitrogens with zero attached hydrogens (tertiary/aromatic N) is 2. The molecule has 4 aromatic rings. The number of benzene rings is 3. The van der Waals surface area contributed by atoms with Crippen LogP contribution < -0.4 is 9.46 Å². The summed E-state index contributed by atoms with van der Waals surface area (Å²) in [6.45, 7) is 4.46. The van der Waals surface area contributed by atoms with Crippen molar-refractivity contribution in [2.24, 2.45) is 0 Å². The van der Waals surface area contributed by atoms with Crippen molar-refractivity contribution in [1.29, 1.82) is 0 Å². The highest BCUT2D eigenvalue weighted by molar-refractivity contribution is 7.92. The van der Waals surface area contributed by atoms with Gasteiger partial charge in [0.2, 0.25) is 10.0 Å². The fraction of sp³-hybridized carbons (Fsp3) is 0.192. The first-order valence-corrected chi connectivity index (χ1v) is 12.5. The average Bonchev–Trinajstić information content (AvgIpc) is 3.13. The van der Waals surface area contributed by atoms with Crippen LogP contribution in [0, 0.1) is 13.8 Å². The van der Waals surface area contributed by atoms with Crippen LogP contribution in [0.5, 0.6) is 5.75 Å². The maximum absolute atomic E-state index is 12.1. The largest absolute Gasteiger partial charge is 0.497 e. The summed E-state index contributed by atoms with van der Waals surface area (Å²) < 4.78 is 34.3. The van der Waals surface area contributed by atoms with E-state index in [1.165, 1.54) is 0 Å². The monoisotopic (exact) mass is 461 g/mol. The minimum absolute atomic E-state index is 0.523. The van der Waals surface area contributed by atoms with E-state index in [1.54, 1.807) is 7.11 Å². The summed E-state index contributed by atoms with van der Waals surface area (Å²) in [7, 11) is -1.82. The Balaban J connectivity index is 1.90. The second kappa shape index (κ2) is 9.11. The number of rotatable bonds is 7. The molecule has 0 bridgehead atoms. The van der Waals surface area contributed by atoms with E-state index in [-0.39, 0.29) is 0 Å². The van der Waals surface area contributed by atoms with Gasteiger partial charge in [-0.1, -0.05) is 48.5 Å². The van der Waals surface area contributed by atoms with Gasteiger partial charge in [-0.3, -0.25) is 4.72 Å². The van der Waals surface area contributed by atoms with Gasteiger partial charge in [0.15, 0.2) is 0 Å². The second-order valence-corrected chi connectivity index (χ2v) is 9.83. The van der Waals surface area contributed by atoms with Crippen LogP contribution in [0.2, 0.25) is 0 Å². The molecule has 33 heavy (non-hydrogen) atoms. The fourth-order valence-electron chi connectivity index (χ4n) is 3.75. The number of anilines is 1. The third kappa shape index (κ3) is 5.09.